The van der Waals surface area contributed by atoms with Crippen LogP contribution in [0.1, 0.15) is 26.7 Å². The Morgan fingerprint density at radius 3 is 2.30 bits per heavy atom. The molecule has 6 nitrogen and oxygen atoms in total. The molecule has 2 rings (SSSR count). The van der Waals surface area contributed by atoms with Crippen LogP contribution in [0.4, 0.5) is 11.4 Å². The van der Waals surface area contributed by atoms with Gasteiger partial charge in [-0.05, 0) is 26.7 Å². The maximum Gasteiger partial charge on any atom is 0.314 e. The van der Waals surface area contributed by atoms with E-state index < -0.39 is 4.92 Å². The van der Waals surface area contributed by atoms with E-state index in [0.29, 0.717) is 24.7 Å². The van der Waals surface area contributed by atoms with Gasteiger partial charge < -0.3 is 14.4 Å². The van der Waals surface area contributed by atoms with Crippen LogP contribution in [0, 0.1) is 10.1 Å². The van der Waals surface area contributed by atoms with Crippen LogP contribution in [0.5, 0.6) is 11.5 Å². The van der Waals surface area contributed by atoms with Gasteiger partial charge in [-0.2, -0.15) is 0 Å². The molecule has 1 saturated heterocycles. The average molecular weight is 280 g/mol. The van der Waals surface area contributed by atoms with Crippen molar-refractivity contribution in [3.05, 3.63) is 22.2 Å². The van der Waals surface area contributed by atoms with Crippen LogP contribution in [0.25, 0.3) is 0 Å². The molecule has 0 aliphatic carbocycles. The van der Waals surface area contributed by atoms with Crippen molar-refractivity contribution in [2.75, 3.05) is 31.2 Å². The zero-order chi connectivity index (χ0) is 14.5. The summed E-state index contributed by atoms with van der Waals surface area (Å²) in [5, 5.41) is 11.1. The molecule has 1 aromatic rings. The van der Waals surface area contributed by atoms with Gasteiger partial charge in [-0.25, -0.2) is 0 Å². The molecular formula is C14H20N2O4. The first-order valence-electron chi connectivity index (χ1n) is 7.00. The summed E-state index contributed by atoms with van der Waals surface area (Å²) in [7, 11) is 0. The Balaban J connectivity index is 2.46. The number of nitro groups is 1. The van der Waals surface area contributed by atoms with Crippen molar-refractivity contribution in [2.45, 2.75) is 26.7 Å². The predicted molar refractivity (Wildman–Crippen MR) is 76.9 cm³/mol. The highest BCUT2D eigenvalue weighted by Crippen LogP contribution is 2.40. The van der Waals surface area contributed by atoms with E-state index in [1.54, 1.807) is 6.07 Å². The van der Waals surface area contributed by atoms with Crippen molar-refractivity contribution in [3.8, 4) is 11.5 Å². The van der Waals surface area contributed by atoms with Gasteiger partial charge in [0.05, 0.1) is 29.9 Å². The van der Waals surface area contributed by atoms with Gasteiger partial charge >= 0.3 is 5.69 Å². The first-order valence-corrected chi connectivity index (χ1v) is 7.00. The molecule has 20 heavy (non-hydrogen) atoms. The third kappa shape index (κ3) is 2.95. The maximum absolute atomic E-state index is 11.1. The summed E-state index contributed by atoms with van der Waals surface area (Å²) in [6.45, 7) is 6.46. The summed E-state index contributed by atoms with van der Waals surface area (Å²) < 4.78 is 11.0. The topological polar surface area (TPSA) is 64.8 Å². The molecule has 1 aliphatic heterocycles. The van der Waals surface area contributed by atoms with Crippen molar-refractivity contribution in [1.82, 2.24) is 0 Å². The first-order chi connectivity index (χ1) is 9.67. The van der Waals surface area contributed by atoms with Gasteiger partial charge in [0.2, 0.25) is 0 Å². The minimum Gasteiger partial charge on any atom is -0.491 e. The Hall–Kier alpha value is -1.98. The van der Waals surface area contributed by atoms with Crippen LogP contribution < -0.4 is 14.4 Å². The largest absolute Gasteiger partial charge is 0.491 e. The fourth-order valence-corrected chi connectivity index (χ4v) is 2.43. The Morgan fingerprint density at radius 1 is 1.15 bits per heavy atom. The SMILES string of the molecule is CCOc1cc([N+](=O)[O-])c(OCC)cc1N1CCCC1. The summed E-state index contributed by atoms with van der Waals surface area (Å²) in [6.07, 6.45) is 2.26. The van der Waals surface area contributed by atoms with Gasteiger partial charge in [0.15, 0.2) is 5.75 Å². The van der Waals surface area contributed by atoms with Gasteiger partial charge in [-0.3, -0.25) is 10.1 Å². The smallest absolute Gasteiger partial charge is 0.314 e. The Kier molecular flexibility index (Phi) is 4.65. The van der Waals surface area contributed by atoms with Crippen LogP contribution in [-0.4, -0.2) is 31.2 Å². The fraction of sp³-hybridized carbons (Fsp3) is 0.571. The molecule has 110 valence electrons. The van der Waals surface area contributed by atoms with Crippen LogP contribution in [0.2, 0.25) is 0 Å². The van der Waals surface area contributed by atoms with Crippen LogP contribution in [0.15, 0.2) is 12.1 Å². The lowest BCUT2D eigenvalue weighted by molar-refractivity contribution is -0.385. The molecular weight excluding hydrogens is 260 g/mol. The number of rotatable bonds is 6. The molecule has 0 spiro atoms. The summed E-state index contributed by atoms with van der Waals surface area (Å²) in [4.78, 5) is 12.9. The second-order valence-electron chi connectivity index (χ2n) is 4.60. The van der Waals surface area contributed by atoms with Gasteiger partial charge in [0.25, 0.3) is 0 Å². The van der Waals surface area contributed by atoms with E-state index in [-0.39, 0.29) is 5.69 Å². The van der Waals surface area contributed by atoms with Crippen molar-refractivity contribution in [2.24, 2.45) is 0 Å². The summed E-state index contributed by atoms with van der Waals surface area (Å²) in [6, 6.07) is 3.21. The van der Waals surface area contributed by atoms with Crippen LogP contribution in [0.3, 0.4) is 0 Å². The van der Waals surface area contributed by atoms with E-state index in [4.69, 9.17) is 9.47 Å². The van der Waals surface area contributed by atoms with Gasteiger partial charge in [-0.1, -0.05) is 0 Å². The van der Waals surface area contributed by atoms with Gasteiger partial charge in [0, 0.05) is 19.2 Å². The number of anilines is 1. The summed E-state index contributed by atoms with van der Waals surface area (Å²) >= 11 is 0. The highest BCUT2D eigenvalue weighted by molar-refractivity contribution is 5.68. The van der Waals surface area contributed by atoms with Gasteiger partial charge in [-0.15, -0.1) is 0 Å². The number of ether oxygens (including phenoxy) is 2. The van der Waals surface area contributed by atoms with Crippen molar-refractivity contribution >= 4 is 11.4 Å². The summed E-state index contributed by atoms with van der Waals surface area (Å²) in [5.74, 6) is 0.868. The quantitative estimate of drug-likeness (QED) is 0.592. The number of hydrogen-bond donors (Lipinski definition) is 0. The molecule has 1 fully saturated rings. The lowest BCUT2D eigenvalue weighted by Gasteiger charge is -2.22. The third-order valence-electron chi connectivity index (χ3n) is 3.28. The molecule has 0 unspecified atom stereocenters. The molecule has 6 heteroatoms. The molecule has 0 aromatic heterocycles. The molecule has 0 amide bonds. The third-order valence-corrected chi connectivity index (χ3v) is 3.28. The molecule has 0 bridgehead atoms. The second kappa shape index (κ2) is 6.45. The second-order valence-corrected chi connectivity index (χ2v) is 4.60. The van der Waals surface area contributed by atoms with E-state index in [1.165, 1.54) is 6.07 Å². The summed E-state index contributed by atoms with van der Waals surface area (Å²) in [5.41, 5.74) is 0.844. The van der Waals surface area contributed by atoms with Crippen molar-refractivity contribution in [3.63, 3.8) is 0 Å². The lowest BCUT2D eigenvalue weighted by atomic mass is 10.2. The molecule has 0 saturated carbocycles. The zero-order valence-electron chi connectivity index (χ0n) is 11.9. The Labute approximate surface area is 118 Å². The molecule has 1 aromatic carbocycles. The van der Waals surface area contributed by atoms with E-state index in [2.05, 4.69) is 4.90 Å². The number of nitro benzene ring substituents is 1. The zero-order valence-corrected chi connectivity index (χ0v) is 11.9. The maximum atomic E-state index is 11.1. The highest BCUT2D eigenvalue weighted by atomic mass is 16.6. The van der Waals surface area contributed by atoms with Crippen molar-refractivity contribution < 1.29 is 14.4 Å². The average Bonchev–Trinajstić information content (AvgIpc) is 2.94. The highest BCUT2D eigenvalue weighted by Gasteiger charge is 2.24. The standard InChI is InChI=1S/C14H20N2O4/c1-3-19-13-10-12(16(17)18)14(20-4-2)9-11(13)15-7-5-6-8-15/h9-10H,3-8H2,1-2H3. The molecule has 1 heterocycles. The Bertz CT molecular complexity index is 484. The number of nitrogens with zero attached hydrogens (tertiary/aromatic N) is 2. The van der Waals surface area contributed by atoms with Crippen LogP contribution in [-0.2, 0) is 0 Å². The first kappa shape index (κ1) is 14.4. The monoisotopic (exact) mass is 280 g/mol. The number of benzene rings is 1. The minimum absolute atomic E-state index is 0.0433. The van der Waals surface area contributed by atoms with Crippen molar-refractivity contribution in [1.29, 1.82) is 0 Å². The molecule has 0 N–H and O–H groups in total. The predicted octanol–water partition coefficient (Wildman–Crippen LogP) is 2.99. The Morgan fingerprint density at radius 2 is 1.75 bits per heavy atom. The van der Waals surface area contributed by atoms with Crippen LogP contribution >= 0.6 is 0 Å². The van der Waals surface area contributed by atoms with E-state index in [1.807, 2.05) is 13.8 Å². The molecule has 0 radical (unpaired) electrons. The van der Waals surface area contributed by atoms with E-state index in [9.17, 15) is 10.1 Å². The normalized spacial score (nSPS) is 14.4. The lowest BCUT2D eigenvalue weighted by Crippen LogP contribution is -2.19. The molecule has 1 aliphatic rings. The molecule has 0 atom stereocenters. The van der Waals surface area contributed by atoms with E-state index in [0.717, 1.165) is 31.6 Å². The fourth-order valence-electron chi connectivity index (χ4n) is 2.43. The minimum atomic E-state index is -0.429. The van der Waals surface area contributed by atoms with Gasteiger partial charge in [0.1, 0.15) is 5.75 Å². The number of hydrogen-bond acceptors (Lipinski definition) is 5. The van der Waals surface area contributed by atoms with E-state index >= 15 is 0 Å².